The van der Waals surface area contributed by atoms with Crippen LogP contribution in [0.15, 0.2) is 65.8 Å². The zero-order valence-corrected chi connectivity index (χ0v) is 20.6. The Morgan fingerprint density at radius 1 is 1.08 bits per heavy atom. The van der Waals surface area contributed by atoms with Crippen LogP contribution in [0, 0.1) is 5.82 Å². The summed E-state index contributed by atoms with van der Waals surface area (Å²) in [6.45, 7) is 3.41. The highest BCUT2D eigenvalue weighted by Gasteiger charge is 2.39. The van der Waals surface area contributed by atoms with Gasteiger partial charge in [0.1, 0.15) is 18.2 Å². The molecule has 6 rings (SSSR count). The molecule has 3 aromatic rings. The van der Waals surface area contributed by atoms with Crippen LogP contribution in [0.4, 0.5) is 10.1 Å². The third-order valence-electron chi connectivity index (χ3n) is 7.38. The van der Waals surface area contributed by atoms with Crippen LogP contribution in [0.3, 0.4) is 0 Å². The van der Waals surface area contributed by atoms with E-state index < -0.39 is 10.0 Å². The molecule has 0 saturated carbocycles. The molecule has 2 saturated heterocycles. The Balaban J connectivity index is 1.23. The lowest BCUT2D eigenvalue weighted by Gasteiger charge is -2.46. The van der Waals surface area contributed by atoms with Gasteiger partial charge in [-0.2, -0.15) is 5.10 Å². The van der Waals surface area contributed by atoms with Crippen molar-refractivity contribution in [1.82, 2.24) is 19.8 Å². The highest BCUT2D eigenvalue weighted by Crippen LogP contribution is 2.43. The Hall–Kier alpha value is -3.08. The van der Waals surface area contributed by atoms with E-state index in [4.69, 9.17) is 4.74 Å². The second-order valence-electron chi connectivity index (χ2n) is 9.69. The van der Waals surface area contributed by atoms with Gasteiger partial charge in [-0.3, -0.25) is 4.90 Å². The molecule has 0 aliphatic carbocycles. The van der Waals surface area contributed by atoms with Crippen LogP contribution < -0.4 is 14.4 Å². The highest BCUT2D eigenvalue weighted by atomic mass is 32.2. The normalized spacial score (nSPS) is 22.3. The van der Waals surface area contributed by atoms with Crippen molar-refractivity contribution in [2.75, 3.05) is 37.7 Å². The number of aromatic nitrogens is 2. The molecule has 2 atom stereocenters. The summed E-state index contributed by atoms with van der Waals surface area (Å²) in [5.41, 5.74) is 2.74. The van der Waals surface area contributed by atoms with Crippen molar-refractivity contribution < 1.29 is 17.5 Å². The van der Waals surface area contributed by atoms with Gasteiger partial charge in [0.2, 0.25) is 0 Å². The number of fused-ring (bicyclic) bond motifs is 1. The molecule has 1 aromatic heterocycles. The summed E-state index contributed by atoms with van der Waals surface area (Å²) in [4.78, 5) is 4.33. The summed E-state index contributed by atoms with van der Waals surface area (Å²) in [6, 6.07) is 16.6. The molecule has 0 radical (unpaired) electrons. The molecule has 0 unspecified atom stereocenters. The Morgan fingerprint density at radius 3 is 2.58 bits per heavy atom. The standard InChI is InChI=1S/C26H28FN5O3S/c27-22-14-25-21(20(12-18-6-2-1-3-7-18)24(17-35-25)31-10-5-11-31)13-23(22)32-15-19(16-32)30-36(33,34)26-8-4-9-28-29-26/h1-4,6-9,13-14,19-20,24,30H,5,10-12,15-17H2/t20-,24+/m1/s1. The molecule has 10 heteroatoms. The minimum atomic E-state index is -3.78. The van der Waals surface area contributed by atoms with Crippen LogP contribution >= 0.6 is 0 Å². The first kappa shape index (κ1) is 23.3. The van der Waals surface area contributed by atoms with Gasteiger partial charge in [-0.25, -0.2) is 17.5 Å². The van der Waals surface area contributed by atoms with E-state index in [0.717, 1.165) is 25.1 Å². The van der Waals surface area contributed by atoms with Gasteiger partial charge < -0.3 is 9.64 Å². The van der Waals surface area contributed by atoms with Gasteiger partial charge in [0.15, 0.2) is 5.03 Å². The molecular weight excluding hydrogens is 481 g/mol. The number of nitrogens with one attached hydrogen (secondary N) is 1. The molecule has 0 bridgehead atoms. The number of benzene rings is 2. The van der Waals surface area contributed by atoms with Crippen molar-refractivity contribution >= 4 is 15.7 Å². The van der Waals surface area contributed by atoms with Gasteiger partial charge in [0.05, 0.1) is 17.8 Å². The van der Waals surface area contributed by atoms with E-state index in [9.17, 15) is 8.42 Å². The number of sulfonamides is 1. The number of anilines is 1. The van der Waals surface area contributed by atoms with E-state index in [0.29, 0.717) is 31.1 Å². The molecule has 4 heterocycles. The summed E-state index contributed by atoms with van der Waals surface area (Å²) in [5.74, 6) is 0.433. The first-order chi connectivity index (χ1) is 17.5. The third kappa shape index (κ3) is 4.44. The second kappa shape index (κ2) is 9.42. The number of hydrogen-bond acceptors (Lipinski definition) is 7. The lowest BCUT2D eigenvalue weighted by molar-refractivity contribution is 0.0500. The van der Waals surface area contributed by atoms with E-state index in [1.54, 1.807) is 0 Å². The number of nitrogens with zero attached hydrogens (tertiary/aromatic N) is 4. The smallest absolute Gasteiger partial charge is 0.260 e. The predicted octanol–water partition coefficient (Wildman–Crippen LogP) is 2.58. The average molecular weight is 510 g/mol. The van der Waals surface area contributed by atoms with Gasteiger partial charge in [-0.1, -0.05) is 30.3 Å². The number of likely N-dealkylation sites (tertiary alicyclic amines) is 1. The molecular formula is C26H28FN5O3S. The van der Waals surface area contributed by atoms with Gasteiger partial charge in [0.25, 0.3) is 10.0 Å². The summed E-state index contributed by atoms with van der Waals surface area (Å²) >= 11 is 0. The van der Waals surface area contributed by atoms with Crippen LogP contribution in [0.2, 0.25) is 0 Å². The van der Waals surface area contributed by atoms with E-state index in [1.165, 1.54) is 36.4 Å². The quantitative estimate of drug-likeness (QED) is 0.524. The maximum atomic E-state index is 15.2. The largest absolute Gasteiger partial charge is 0.492 e. The molecule has 2 fully saturated rings. The number of halogens is 1. The van der Waals surface area contributed by atoms with Crippen molar-refractivity contribution in [2.45, 2.75) is 35.9 Å². The van der Waals surface area contributed by atoms with Crippen LogP contribution in [0.1, 0.15) is 23.5 Å². The van der Waals surface area contributed by atoms with E-state index in [-0.39, 0.29) is 28.8 Å². The van der Waals surface area contributed by atoms with Crippen molar-refractivity contribution in [2.24, 2.45) is 0 Å². The Bertz CT molecular complexity index is 1330. The fourth-order valence-electron chi connectivity index (χ4n) is 5.32. The van der Waals surface area contributed by atoms with Crippen molar-refractivity contribution in [1.29, 1.82) is 0 Å². The van der Waals surface area contributed by atoms with E-state index >= 15 is 4.39 Å². The van der Waals surface area contributed by atoms with Crippen molar-refractivity contribution in [3.8, 4) is 5.75 Å². The lowest BCUT2D eigenvalue weighted by atomic mass is 9.82. The molecule has 3 aliphatic rings. The number of rotatable bonds is 7. The number of hydrogen-bond donors (Lipinski definition) is 1. The summed E-state index contributed by atoms with van der Waals surface area (Å²) in [7, 11) is -3.78. The highest BCUT2D eigenvalue weighted by molar-refractivity contribution is 7.89. The fourth-order valence-corrected chi connectivity index (χ4v) is 6.44. The molecule has 1 N–H and O–H groups in total. The van der Waals surface area contributed by atoms with Crippen LogP contribution in [0.5, 0.6) is 5.75 Å². The van der Waals surface area contributed by atoms with Gasteiger partial charge in [-0.05, 0) is 49.7 Å². The second-order valence-corrected chi connectivity index (χ2v) is 11.4. The Kier molecular flexibility index (Phi) is 6.10. The zero-order valence-electron chi connectivity index (χ0n) is 19.8. The molecule has 3 aliphatic heterocycles. The minimum Gasteiger partial charge on any atom is -0.492 e. The Morgan fingerprint density at radius 2 is 1.89 bits per heavy atom. The van der Waals surface area contributed by atoms with Crippen molar-refractivity contribution in [3.05, 3.63) is 77.7 Å². The van der Waals surface area contributed by atoms with E-state index in [2.05, 4.69) is 32.0 Å². The van der Waals surface area contributed by atoms with E-state index in [1.807, 2.05) is 29.2 Å². The monoisotopic (exact) mass is 509 g/mol. The fraction of sp³-hybridized carbons (Fsp3) is 0.385. The summed E-state index contributed by atoms with van der Waals surface area (Å²) in [6.07, 6.45) is 3.46. The van der Waals surface area contributed by atoms with Crippen molar-refractivity contribution in [3.63, 3.8) is 0 Å². The van der Waals surface area contributed by atoms with Gasteiger partial charge in [0, 0.05) is 36.8 Å². The van der Waals surface area contributed by atoms with Crippen LogP contribution in [0.25, 0.3) is 0 Å². The zero-order chi connectivity index (χ0) is 24.7. The molecule has 2 aromatic carbocycles. The molecule has 0 amide bonds. The average Bonchev–Trinajstić information content (AvgIpc) is 2.83. The molecule has 0 spiro atoms. The van der Waals surface area contributed by atoms with Gasteiger partial charge in [-0.15, -0.1) is 5.10 Å². The molecule has 8 nitrogen and oxygen atoms in total. The molecule has 36 heavy (non-hydrogen) atoms. The lowest BCUT2D eigenvalue weighted by Crippen LogP contribution is -2.59. The van der Waals surface area contributed by atoms with Crippen LogP contribution in [-0.4, -0.2) is 68.4 Å². The first-order valence-corrected chi connectivity index (χ1v) is 13.8. The third-order valence-corrected chi connectivity index (χ3v) is 8.79. The maximum Gasteiger partial charge on any atom is 0.260 e. The predicted molar refractivity (Wildman–Crippen MR) is 133 cm³/mol. The first-order valence-electron chi connectivity index (χ1n) is 12.3. The minimum absolute atomic E-state index is 0.124. The molecule has 188 valence electrons. The number of ether oxygens (including phenoxy) is 1. The van der Waals surface area contributed by atoms with Crippen LogP contribution in [-0.2, 0) is 16.4 Å². The SMILES string of the molecule is O=S(=O)(NC1CN(c2cc3c(cc2F)OC[C@H](N2CCC2)[C@@H]3Cc2ccccc2)C1)c1cccnn1. The maximum absolute atomic E-state index is 15.2. The Labute approximate surface area is 210 Å². The summed E-state index contributed by atoms with van der Waals surface area (Å²) in [5, 5.41) is 7.20. The van der Waals surface area contributed by atoms with Gasteiger partial charge >= 0.3 is 0 Å². The summed E-state index contributed by atoms with van der Waals surface area (Å²) < 4.78 is 49.0. The topological polar surface area (TPSA) is 87.7 Å².